The predicted octanol–water partition coefficient (Wildman–Crippen LogP) is 2.55. The lowest BCUT2D eigenvalue weighted by Crippen LogP contribution is -2.13. The standard InChI is InChI=1S/C12H13NO2/c14-9-13-12-3-1-10(2-4-12)11-5-7-15-8-6-11/h1-4,11H,5-8H2. The molecule has 3 heteroatoms. The zero-order valence-electron chi connectivity index (χ0n) is 8.48. The molecule has 1 aliphatic rings. The van der Waals surface area contributed by atoms with E-state index in [0.29, 0.717) is 11.6 Å². The Morgan fingerprint density at radius 2 is 1.87 bits per heavy atom. The van der Waals surface area contributed by atoms with E-state index in [2.05, 4.69) is 4.99 Å². The molecule has 1 saturated heterocycles. The topological polar surface area (TPSA) is 38.7 Å². The number of rotatable bonds is 2. The highest BCUT2D eigenvalue weighted by Crippen LogP contribution is 2.27. The Hall–Kier alpha value is -1.44. The molecule has 0 saturated carbocycles. The highest BCUT2D eigenvalue weighted by atomic mass is 16.5. The molecule has 0 radical (unpaired) electrons. The van der Waals surface area contributed by atoms with Crippen LogP contribution in [0.15, 0.2) is 29.3 Å². The molecule has 0 aromatic heterocycles. The third-order valence-corrected chi connectivity index (χ3v) is 2.76. The van der Waals surface area contributed by atoms with Crippen molar-refractivity contribution in [3.05, 3.63) is 29.8 Å². The van der Waals surface area contributed by atoms with E-state index in [-0.39, 0.29) is 0 Å². The summed E-state index contributed by atoms with van der Waals surface area (Å²) < 4.78 is 5.31. The molecule has 0 N–H and O–H groups in total. The zero-order valence-corrected chi connectivity index (χ0v) is 8.48. The van der Waals surface area contributed by atoms with Gasteiger partial charge in [-0.3, -0.25) is 0 Å². The second-order valence-electron chi connectivity index (χ2n) is 3.68. The van der Waals surface area contributed by atoms with Gasteiger partial charge in [-0.25, -0.2) is 4.79 Å². The Bertz CT molecular complexity index is 360. The maximum Gasteiger partial charge on any atom is 0.240 e. The van der Waals surface area contributed by atoms with Crippen LogP contribution in [0.25, 0.3) is 0 Å². The molecule has 1 heterocycles. The molecule has 2 rings (SSSR count). The van der Waals surface area contributed by atoms with Crippen molar-refractivity contribution in [3.63, 3.8) is 0 Å². The van der Waals surface area contributed by atoms with Crippen LogP contribution >= 0.6 is 0 Å². The lowest BCUT2D eigenvalue weighted by molar-refractivity contribution is 0.0853. The predicted molar refractivity (Wildman–Crippen MR) is 57.0 cm³/mol. The van der Waals surface area contributed by atoms with E-state index < -0.39 is 0 Å². The van der Waals surface area contributed by atoms with Crippen LogP contribution in [0.5, 0.6) is 0 Å². The largest absolute Gasteiger partial charge is 0.381 e. The molecule has 1 fully saturated rings. The van der Waals surface area contributed by atoms with Crippen molar-refractivity contribution in [2.45, 2.75) is 18.8 Å². The first-order valence-electron chi connectivity index (χ1n) is 5.16. The number of carbonyl (C=O) groups excluding carboxylic acids is 1. The number of benzene rings is 1. The van der Waals surface area contributed by atoms with E-state index in [1.54, 1.807) is 0 Å². The summed E-state index contributed by atoms with van der Waals surface area (Å²) in [5.41, 5.74) is 1.98. The first kappa shape index (κ1) is 10.1. The summed E-state index contributed by atoms with van der Waals surface area (Å²) in [6.07, 6.45) is 3.70. The van der Waals surface area contributed by atoms with Crippen molar-refractivity contribution in [1.29, 1.82) is 0 Å². The Kier molecular flexibility index (Phi) is 3.28. The molecule has 15 heavy (non-hydrogen) atoms. The van der Waals surface area contributed by atoms with Gasteiger partial charge in [-0.1, -0.05) is 12.1 Å². The number of ether oxygens (including phenoxy) is 1. The van der Waals surface area contributed by atoms with E-state index in [1.165, 1.54) is 11.6 Å². The lowest BCUT2D eigenvalue weighted by Gasteiger charge is -2.22. The van der Waals surface area contributed by atoms with Crippen LogP contribution in [0.3, 0.4) is 0 Å². The van der Waals surface area contributed by atoms with Gasteiger partial charge >= 0.3 is 0 Å². The van der Waals surface area contributed by atoms with E-state index in [9.17, 15) is 4.79 Å². The van der Waals surface area contributed by atoms with E-state index >= 15 is 0 Å². The Morgan fingerprint density at radius 1 is 1.20 bits per heavy atom. The highest BCUT2D eigenvalue weighted by molar-refractivity contribution is 5.49. The smallest absolute Gasteiger partial charge is 0.240 e. The van der Waals surface area contributed by atoms with Gasteiger partial charge in [0.05, 0.1) is 5.69 Å². The van der Waals surface area contributed by atoms with Crippen molar-refractivity contribution >= 4 is 11.8 Å². The van der Waals surface area contributed by atoms with Gasteiger partial charge in [-0.2, -0.15) is 4.99 Å². The fourth-order valence-corrected chi connectivity index (χ4v) is 1.90. The minimum absolute atomic E-state index is 0.591. The van der Waals surface area contributed by atoms with Gasteiger partial charge in [0.1, 0.15) is 0 Å². The van der Waals surface area contributed by atoms with Crippen molar-refractivity contribution < 1.29 is 9.53 Å². The second-order valence-corrected chi connectivity index (χ2v) is 3.68. The van der Waals surface area contributed by atoms with E-state index in [4.69, 9.17) is 4.74 Å². The van der Waals surface area contributed by atoms with Crippen LogP contribution < -0.4 is 0 Å². The molecule has 0 amide bonds. The molecule has 0 unspecified atom stereocenters. The van der Waals surface area contributed by atoms with Crippen LogP contribution in [-0.2, 0) is 9.53 Å². The minimum Gasteiger partial charge on any atom is -0.381 e. The van der Waals surface area contributed by atoms with Crippen LogP contribution in [0.4, 0.5) is 5.69 Å². The summed E-state index contributed by atoms with van der Waals surface area (Å²) in [6.45, 7) is 1.69. The third kappa shape index (κ3) is 2.52. The summed E-state index contributed by atoms with van der Waals surface area (Å²) >= 11 is 0. The number of hydrogen-bond acceptors (Lipinski definition) is 3. The average Bonchev–Trinajstić information content (AvgIpc) is 2.32. The van der Waals surface area contributed by atoms with Crippen molar-refractivity contribution in [2.24, 2.45) is 4.99 Å². The monoisotopic (exact) mass is 203 g/mol. The van der Waals surface area contributed by atoms with E-state index in [1.807, 2.05) is 24.3 Å². The van der Waals surface area contributed by atoms with Gasteiger partial charge in [-0.15, -0.1) is 0 Å². The molecule has 1 aromatic rings. The number of aliphatic imine (C=N–C) groups is 1. The Morgan fingerprint density at radius 3 is 2.47 bits per heavy atom. The third-order valence-electron chi connectivity index (χ3n) is 2.76. The van der Waals surface area contributed by atoms with Crippen LogP contribution in [0.2, 0.25) is 0 Å². The van der Waals surface area contributed by atoms with Crippen LogP contribution in [0, 0.1) is 0 Å². The van der Waals surface area contributed by atoms with Gasteiger partial charge in [0.25, 0.3) is 0 Å². The molecular formula is C12H13NO2. The Labute approximate surface area is 88.8 Å². The van der Waals surface area contributed by atoms with Gasteiger partial charge < -0.3 is 4.74 Å². The average molecular weight is 203 g/mol. The van der Waals surface area contributed by atoms with Gasteiger partial charge in [0.15, 0.2) is 0 Å². The summed E-state index contributed by atoms with van der Waals surface area (Å²) in [5.74, 6) is 0.591. The first-order chi connectivity index (χ1) is 7.40. The molecule has 0 atom stereocenters. The van der Waals surface area contributed by atoms with Gasteiger partial charge in [0.2, 0.25) is 6.08 Å². The molecule has 0 aliphatic carbocycles. The van der Waals surface area contributed by atoms with Gasteiger partial charge in [-0.05, 0) is 36.5 Å². The molecule has 1 aromatic carbocycles. The molecule has 0 bridgehead atoms. The van der Waals surface area contributed by atoms with Crippen molar-refractivity contribution in [3.8, 4) is 0 Å². The van der Waals surface area contributed by atoms with Gasteiger partial charge in [0, 0.05) is 13.2 Å². The molecular weight excluding hydrogens is 190 g/mol. The van der Waals surface area contributed by atoms with Crippen molar-refractivity contribution in [2.75, 3.05) is 13.2 Å². The Balaban J connectivity index is 2.11. The van der Waals surface area contributed by atoms with Crippen molar-refractivity contribution in [1.82, 2.24) is 0 Å². The zero-order chi connectivity index (χ0) is 10.5. The van der Waals surface area contributed by atoms with Crippen LogP contribution in [-0.4, -0.2) is 19.3 Å². The summed E-state index contributed by atoms with van der Waals surface area (Å²) in [5, 5.41) is 0. The maximum absolute atomic E-state index is 10.1. The summed E-state index contributed by atoms with van der Waals surface area (Å²) in [6, 6.07) is 7.78. The minimum atomic E-state index is 0.591. The normalized spacial score (nSPS) is 17.1. The number of isocyanates is 1. The van der Waals surface area contributed by atoms with E-state index in [0.717, 1.165) is 26.1 Å². The van der Waals surface area contributed by atoms with Crippen LogP contribution in [0.1, 0.15) is 24.3 Å². The second kappa shape index (κ2) is 4.87. The summed E-state index contributed by atoms with van der Waals surface area (Å²) in [7, 11) is 0. The fraction of sp³-hybridized carbons (Fsp3) is 0.417. The SMILES string of the molecule is O=C=Nc1ccc(C2CCOCC2)cc1. The highest BCUT2D eigenvalue weighted by Gasteiger charge is 2.15. The maximum atomic E-state index is 10.1. The lowest BCUT2D eigenvalue weighted by atomic mass is 9.92. The first-order valence-corrected chi connectivity index (χ1v) is 5.16. The summed E-state index contributed by atoms with van der Waals surface area (Å²) in [4.78, 5) is 13.6. The molecule has 0 spiro atoms. The molecule has 78 valence electrons. The number of hydrogen-bond donors (Lipinski definition) is 0. The fourth-order valence-electron chi connectivity index (χ4n) is 1.90. The quantitative estimate of drug-likeness (QED) is 0.547. The molecule has 3 nitrogen and oxygen atoms in total. The molecule has 1 aliphatic heterocycles. The number of nitrogens with zero attached hydrogens (tertiary/aromatic N) is 1.